The minimum absolute atomic E-state index is 0.0432. The fraction of sp³-hybridized carbons (Fsp3) is 0.300. The van der Waals surface area contributed by atoms with E-state index in [-0.39, 0.29) is 13.0 Å². The minimum atomic E-state index is -4.23. The highest BCUT2D eigenvalue weighted by molar-refractivity contribution is 7.86. The molecule has 1 unspecified atom stereocenters. The van der Waals surface area contributed by atoms with Crippen LogP contribution in [0, 0.1) is 0 Å². The largest absolute Gasteiger partial charge is 0.396 e. The molecule has 6 nitrogen and oxygen atoms in total. The number of nitrogens with zero attached hydrogens (tertiary/aromatic N) is 1. The Kier molecular flexibility index (Phi) is 3.14. The van der Waals surface area contributed by atoms with Gasteiger partial charge >= 0.3 is 0 Å². The summed E-state index contributed by atoms with van der Waals surface area (Å²) in [4.78, 5) is 6.87. The van der Waals surface area contributed by atoms with Crippen molar-refractivity contribution < 1.29 is 18.1 Å². The first-order chi connectivity index (χ1) is 8.02. The third kappa shape index (κ3) is 2.46. The molecule has 92 valence electrons. The Morgan fingerprint density at radius 2 is 2.18 bits per heavy atom. The van der Waals surface area contributed by atoms with E-state index in [2.05, 4.69) is 9.97 Å². The second-order valence-electron chi connectivity index (χ2n) is 3.70. The molecule has 17 heavy (non-hydrogen) atoms. The van der Waals surface area contributed by atoms with Gasteiger partial charge in [0.15, 0.2) is 0 Å². The van der Waals surface area contributed by atoms with E-state index in [1.807, 2.05) is 0 Å². The van der Waals surface area contributed by atoms with Crippen molar-refractivity contribution in [3.63, 3.8) is 0 Å². The number of rotatable bonds is 4. The highest BCUT2D eigenvalue weighted by atomic mass is 32.2. The lowest BCUT2D eigenvalue weighted by atomic mass is 10.1. The molecule has 0 radical (unpaired) electrons. The van der Waals surface area contributed by atoms with E-state index in [0.29, 0.717) is 16.6 Å². The fourth-order valence-electron chi connectivity index (χ4n) is 1.76. The maximum absolute atomic E-state index is 11.2. The molecule has 0 aliphatic heterocycles. The molecule has 0 spiro atoms. The molecule has 1 aromatic heterocycles. The van der Waals surface area contributed by atoms with Gasteiger partial charge in [0.05, 0.1) is 17.4 Å². The number of aliphatic hydroxyl groups is 1. The van der Waals surface area contributed by atoms with Crippen LogP contribution >= 0.6 is 0 Å². The standard InChI is InChI=1S/C10H12N2O4S/c13-4-3-10(17(14,15)16)7-1-2-8-9(5-7)12-6-11-8/h1-2,5-6,10,13H,3-4H2,(H,11,12)(H,14,15,16). The summed E-state index contributed by atoms with van der Waals surface area (Å²) in [5.74, 6) is 0. The zero-order chi connectivity index (χ0) is 12.5. The van der Waals surface area contributed by atoms with E-state index in [1.165, 1.54) is 6.33 Å². The van der Waals surface area contributed by atoms with Gasteiger partial charge in [0.25, 0.3) is 10.1 Å². The molecule has 3 N–H and O–H groups in total. The van der Waals surface area contributed by atoms with Crippen LogP contribution in [-0.4, -0.2) is 34.7 Å². The number of H-pyrrole nitrogens is 1. The lowest BCUT2D eigenvalue weighted by Gasteiger charge is -2.12. The molecule has 2 rings (SSSR count). The van der Waals surface area contributed by atoms with Crippen molar-refractivity contribution in [3.8, 4) is 0 Å². The average molecular weight is 256 g/mol. The van der Waals surface area contributed by atoms with E-state index >= 15 is 0 Å². The molecule has 7 heteroatoms. The zero-order valence-corrected chi connectivity index (χ0v) is 9.68. The monoisotopic (exact) mass is 256 g/mol. The second-order valence-corrected chi connectivity index (χ2v) is 5.29. The number of aromatic nitrogens is 2. The Morgan fingerprint density at radius 3 is 2.82 bits per heavy atom. The van der Waals surface area contributed by atoms with Crippen LogP contribution < -0.4 is 0 Å². The van der Waals surface area contributed by atoms with Crippen molar-refractivity contribution in [2.24, 2.45) is 0 Å². The second kappa shape index (κ2) is 4.44. The summed E-state index contributed by atoms with van der Waals surface area (Å²) < 4.78 is 31.5. The Labute approximate surface area is 98.1 Å². The van der Waals surface area contributed by atoms with E-state index in [1.54, 1.807) is 18.2 Å². The lowest BCUT2D eigenvalue weighted by molar-refractivity contribution is 0.283. The van der Waals surface area contributed by atoms with E-state index in [0.717, 1.165) is 0 Å². The predicted molar refractivity (Wildman–Crippen MR) is 62.1 cm³/mol. The van der Waals surface area contributed by atoms with Crippen molar-refractivity contribution in [1.29, 1.82) is 0 Å². The van der Waals surface area contributed by atoms with Crippen LogP contribution in [0.1, 0.15) is 17.2 Å². The number of hydrogen-bond donors (Lipinski definition) is 3. The van der Waals surface area contributed by atoms with Crippen LogP contribution in [0.3, 0.4) is 0 Å². The molecule has 0 saturated carbocycles. The van der Waals surface area contributed by atoms with Gasteiger partial charge < -0.3 is 10.1 Å². The Morgan fingerprint density at radius 1 is 1.41 bits per heavy atom. The predicted octanol–water partition coefficient (Wildman–Crippen LogP) is 0.874. The minimum Gasteiger partial charge on any atom is -0.396 e. The normalized spacial score (nSPS) is 14.0. The number of aliphatic hydroxyl groups excluding tert-OH is 1. The molecule has 0 aliphatic carbocycles. The zero-order valence-electron chi connectivity index (χ0n) is 8.87. The average Bonchev–Trinajstić information content (AvgIpc) is 2.71. The Bertz CT molecular complexity index is 620. The number of hydrogen-bond acceptors (Lipinski definition) is 4. The topological polar surface area (TPSA) is 103 Å². The van der Waals surface area contributed by atoms with Gasteiger partial charge in [0.2, 0.25) is 0 Å². The first-order valence-electron chi connectivity index (χ1n) is 5.02. The van der Waals surface area contributed by atoms with Crippen LogP contribution in [0.25, 0.3) is 11.0 Å². The van der Waals surface area contributed by atoms with Gasteiger partial charge in [-0.3, -0.25) is 4.55 Å². The molecule has 1 aromatic carbocycles. The van der Waals surface area contributed by atoms with Gasteiger partial charge in [-0.05, 0) is 24.1 Å². The lowest BCUT2D eigenvalue weighted by Crippen LogP contribution is -2.13. The molecular weight excluding hydrogens is 244 g/mol. The van der Waals surface area contributed by atoms with Crippen molar-refractivity contribution in [1.82, 2.24) is 9.97 Å². The molecule has 0 saturated heterocycles. The van der Waals surface area contributed by atoms with E-state index < -0.39 is 15.4 Å². The van der Waals surface area contributed by atoms with Crippen LogP contribution in [-0.2, 0) is 10.1 Å². The van der Waals surface area contributed by atoms with Gasteiger partial charge in [-0.25, -0.2) is 4.98 Å². The molecule has 0 amide bonds. The Balaban J connectivity index is 2.48. The van der Waals surface area contributed by atoms with Gasteiger partial charge in [-0.1, -0.05) is 6.07 Å². The summed E-state index contributed by atoms with van der Waals surface area (Å²) in [5.41, 5.74) is 1.83. The van der Waals surface area contributed by atoms with Crippen LogP contribution in [0.15, 0.2) is 24.5 Å². The number of imidazole rings is 1. The van der Waals surface area contributed by atoms with Crippen LogP contribution in [0.5, 0.6) is 0 Å². The summed E-state index contributed by atoms with van der Waals surface area (Å²) in [6, 6.07) is 4.85. The van der Waals surface area contributed by atoms with Crippen molar-refractivity contribution in [3.05, 3.63) is 30.1 Å². The van der Waals surface area contributed by atoms with Gasteiger partial charge in [-0.2, -0.15) is 8.42 Å². The first-order valence-corrected chi connectivity index (χ1v) is 6.53. The summed E-state index contributed by atoms with van der Waals surface area (Å²) in [5, 5.41) is 7.73. The quantitative estimate of drug-likeness (QED) is 0.704. The Hall–Kier alpha value is -1.44. The highest BCUT2D eigenvalue weighted by Gasteiger charge is 2.24. The summed E-state index contributed by atoms with van der Waals surface area (Å²) in [7, 11) is -4.23. The summed E-state index contributed by atoms with van der Waals surface area (Å²) in [6.45, 7) is -0.314. The molecule has 0 fully saturated rings. The number of benzene rings is 1. The molecular formula is C10H12N2O4S. The van der Waals surface area contributed by atoms with Crippen LogP contribution in [0.2, 0.25) is 0 Å². The van der Waals surface area contributed by atoms with Gasteiger partial charge in [-0.15, -0.1) is 0 Å². The smallest absolute Gasteiger partial charge is 0.272 e. The van der Waals surface area contributed by atoms with E-state index in [9.17, 15) is 8.42 Å². The molecule has 2 aromatic rings. The molecule has 1 atom stereocenters. The number of aromatic amines is 1. The number of fused-ring (bicyclic) bond motifs is 1. The fourth-order valence-corrected chi connectivity index (χ4v) is 2.65. The molecule has 0 bridgehead atoms. The van der Waals surface area contributed by atoms with Crippen LogP contribution in [0.4, 0.5) is 0 Å². The molecule has 1 heterocycles. The van der Waals surface area contributed by atoms with Crippen molar-refractivity contribution in [2.75, 3.05) is 6.61 Å². The molecule has 0 aliphatic rings. The van der Waals surface area contributed by atoms with Gasteiger partial charge in [0, 0.05) is 6.61 Å². The van der Waals surface area contributed by atoms with E-state index in [4.69, 9.17) is 9.66 Å². The highest BCUT2D eigenvalue weighted by Crippen LogP contribution is 2.26. The maximum Gasteiger partial charge on any atom is 0.272 e. The SMILES string of the molecule is O=S(=O)(O)C(CCO)c1ccc2nc[nH]c2c1. The summed E-state index contributed by atoms with van der Waals surface area (Å²) in [6.07, 6.45) is 1.46. The van der Waals surface area contributed by atoms with Gasteiger partial charge in [0.1, 0.15) is 5.25 Å². The first kappa shape index (κ1) is 12.0. The third-order valence-electron chi connectivity index (χ3n) is 2.57. The van der Waals surface area contributed by atoms with Crippen molar-refractivity contribution in [2.45, 2.75) is 11.7 Å². The third-order valence-corrected chi connectivity index (χ3v) is 3.79. The van der Waals surface area contributed by atoms with Crippen molar-refractivity contribution >= 4 is 21.2 Å². The maximum atomic E-state index is 11.2. The number of nitrogens with one attached hydrogen (secondary N) is 1. The summed E-state index contributed by atoms with van der Waals surface area (Å²) >= 11 is 0.